The molecule has 0 atom stereocenters. The maximum absolute atomic E-state index is 6.12. The van der Waals surface area contributed by atoms with Crippen molar-refractivity contribution in [1.29, 1.82) is 0 Å². The van der Waals surface area contributed by atoms with Gasteiger partial charge in [-0.2, -0.15) is 0 Å². The van der Waals surface area contributed by atoms with Crippen LogP contribution in [0.2, 0.25) is 0 Å². The van der Waals surface area contributed by atoms with Crippen LogP contribution >= 0.6 is 0 Å². The second kappa shape index (κ2) is 10.1. The number of rotatable bonds is 9. The predicted molar refractivity (Wildman–Crippen MR) is 145 cm³/mol. The molecular weight excluding hydrogens is 452 g/mol. The van der Waals surface area contributed by atoms with Crippen molar-refractivity contribution in [1.82, 2.24) is 19.9 Å². The van der Waals surface area contributed by atoms with E-state index in [0.29, 0.717) is 23.9 Å². The van der Waals surface area contributed by atoms with Crippen LogP contribution in [0.1, 0.15) is 17.8 Å². The van der Waals surface area contributed by atoms with Gasteiger partial charge in [-0.05, 0) is 62.7 Å². The van der Waals surface area contributed by atoms with E-state index in [1.54, 1.807) is 13.4 Å². The number of H-pyrrole nitrogens is 1. The Morgan fingerprint density at radius 1 is 0.972 bits per heavy atom. The number of hydrogen-bond acceptors (Lipinski definition) is 7. The number of methoxy groups -OCH3 is 1. The number of hydrogen-bond donors (Lipinski definition) is 2. The molecule has 0 fully saturated rings. The fourth-order valence-electron chi connectivity index (χ4n) is 4.35. The molecule has 3 aromatic heterocycles. The van der Waals surface area contributed by atoms with Crippen LogP contribution in [0.5, 0.6) is 11.5 Å². The molecule has 0 radical (unpaired) electrons. The molecule has 5 aromatic rings. The SMILES string of the molecule is COc1cc2c(Nc3ccc4[nH]ccc4c3)ncnc2cc1OCCCN(C)c1cc(C)nc(C)c1. The highest BCUT2D eigenvalue weighted by molar-refractivity contribution is 5.94. The lowest BCUT2D eigenvalue weighted by atomic mass is 10.2. The van der Waals surface area contributed by atoms with Crippen LogP contribution in [0, 0.1) is 13.8 Å². The van der Waals surface area contributed by atoms with Crippen LogP contribution in [0.25, 0.3) is 21.8 Å². The minimum atomic E-state index is 0.558. The van der Waals surface area contributed by atoms with E-state index in [0.717, 1.165) is 57.5 Å². The summed E-state index contributed by atoms with van der Waals surface area (Å²) in [7, 11) is 3.73. The molecule has 0 unspecified atom stereocenters. The first-order valence-corrected chi connectivity index (χ1v) is 12.0. The molecule has 0 amide bonds. The van der Waals surface area contributed by atoms with Crippen LogP contribution < -0.4 is 19.7 Å². The maximum Gasteiger partial charge on any atom is 0.163 e. The highest BCUT2D eigenvalue weighted by Crippen LogP contribution is 2.35. The van der Waals surface area contributed by atoms with E-state index in [9.17, 15) is 0 Å². The molecule has 0 aliphatic carbocycles. The first-order valence-electron chi connectivity index (χ1n) is 12.0. The Kier molecular flexibility index (Phi) is 6.58. The van der Waals surface area contributed by atoms with Crippen LogP contribution in [0.3, 0.4) is 0 Å². The monoisotopic (exact) mass is 482 g/mol. The van der Waals surface area contributed by atoms with E-state index >= 15 is 0 Å². The molecule has 36 heavy (non-hydrogen) atoms. The lowest BCUT2D eigenvalue weighted by Crippen LogP contribution is -2.20. The molecule has 0 saturated carbocycles. The van der Waals surface area contributed by atoms with E-state index in [4.69, 9.17) is 9.47 Å². The molecule has 2 N–H and O–H groups in total. The maximum atomic E-state index is 6.12. The summed E-state index contributed by atoms with van der Waals surface area (Å²) in [5.41, 5.74) is 6.03. The van der Waals surface area contributed by atoms with Gasteiger partial charge in [0.25, 0.3) is 0 Å². The Labute approximate surface area is 210 Å². The summed E-state index contributed by atoms with van der Waals surface area (Å²) in [6.45, 7) is 5.46. The Morgan fingerprint density at radius 3 is 2.61 bits per heavy atom. The number of nitrogens with zero attached hydrogens (tertiary/aromatic N) is 4. The Hall–Kier alpha value is -4.33. The van der Waals surface area contributed by atoms with Crippen LogP contribution in [-0.2, 0) is 0 Å². The quantitative estimate of drug-likeness (QED) is 0.257. The zero-order valence-corrected chi connectivity index (χ0v) is 21.0. The third-order valence-electron chi connectivity index (χ3n) is 6.14. The van der Waals surface area contributed by atoms with E-state index in [1.807, 2.05) is 50.4 Å². The molecule has 184 valence electrons. The van der Waals surface area contributed by atoms with Gasteiger partial charge in [-0.15, -0.1) is 0 Å². The van der Waals surface area contributed by atoms with Crippen LogP contribution in [0.4, 0.5) is 17.2 Å². The second-order valence-electron chi connectivity index (χ2n) is 8.88. The minimum absolute atomic E-state index is 0.558. The number of pyridine rings is 1. The topological polar surface area (TPSA) is 88.2 Å². The average Bonchev–Trinajstić information content (AvgIpc) is 3.33. The van der Waals surface area contributed by atoms with Gasteiger partial charge in [0.15, 0.2) is 11.5 Å². The first-order chi connectivity index (χ1) is 17.5. The van der Waals surface area contributed by atoms with Crippen molar-refractivity contribution in [2.75, 3.05) is 37.5 Å². The van der Waals surface area contributed by atoms with Gasteiger partial charge in [-0.3, -0.25) is 4.98 Å². The average molecular weight is 483 g/mol. The van der Waals surface area contributed by atoms with Gasteiger partial charge in [0.2, 0.25) is 0 Å². The zero-order chi connectivity index (χ0) is 25.1. The summed E-state index contributed by atoms with van der Waals surface area (Å²) in [6.07, 6.45) is 4.35. The summed E-state index contributed by atoms with van der Waals surface area (Å²) in [5, 5.41) is 5.41. The van der Waals surface area contributed by atoms with Crippen molar-refractivity contribution in [3.05, 3.63) is 72.4 Å². The number of aromatic nitrogens is 4. The van der Waals surface area contributed by atoms with Gasteiger partial charge in [0.1, 0.15) is 12.1 Å². The van der Waals surface area contributed by atoms with Crippen molar-refractivity contribution >= 4 is 39.0 Å². The van der Waals surface area contributed by atoms with Crippen molar-refractivity contribution in [2.45, 2.75) is 20.3 Å². The molecule has 0 aliphatic rings. The molecule has 8 nitrogen and oxygen atoms in total. The molecule has 2 aromatic carbocycles. The highest BCUT2D eigenvalue weighted by atomic mass is 16.5. The second-order valence-corrected chi connectivity index (χ2v) is 8.88. The Balaban J connectivity index is 1.29. The standard InChI is InChI=1S/C28H30N6O2/c1-18-12-22(13-19(2)32-18)34(3)10-5-11-36-27-16-25-23(15-26(27)35-4)28(31-17-30-25)33-21-6-7-24-20(14-21)8-9-29-24/h6-9,12-17,29H,5,10-11H2,1-4H3,(H,30,31,33). The lowest BCUT2D eigenvalue weighted by molar-refractivity contribution is 0.291. The summed E-state index contributed by atoms with van der Waals surface area (Å²) < 4.78 is 11.8. The molecule has 0 aliphatic heterocycles. The van der Waals surface area contributed by atoms with Gasteiger partial charge in [0, 0.05) is 64.9 Å². The Bertz CT molecular complexity index is 1490. The van der Waals surface area contributed by atoms with Crippen LogP contribution in [-0.4, -0.2) is 47.2 Å². The van der Waals surface area contributed by atoms with Gasteiger partial charge < -0.3 is 24.7 Å². The predicted octanol–water partition coefficient (Wildman–Crippen LogP) is 5.78. The largest absolute Gasteiger partial charge is 0.493 e. The number of anilines is 3. The van der Waals surface area contributed by atoms with Crippen LogP contribution in [0.15, 0.2) is 61.1 Å². The zero-order valence-electron chi connectivity index (χ0n) is 21.0. The molecule has 8 heteroatoms. The number of aromatic amines is 1. The number of benzene rings is 2. The van der Waals surface area contributed by atoms with Gasteiger partial charge in [-0.1, -0.05) is 0 Å². The van der Waals surface area contributed by atoms with Gasteiger partial charge in [0.05, 0.1) is 19.2 Å². The third-order valence-corrected chi connectivity index (χ3v) is 6.14. The number of ether oxygens (including phenoxy) is 2. The first kappa shape index (κ1) is 23.4. The third kappa shape index (κ3) is 5.02. The van der Waals surface area contributed by atoms with Gasteiger partial charge >= 0.3 is 0 Å². The molecule has 5 rings (SSSR count). The summed E-state index contributed by atoms with van der Waals surface area (Å²) in [5.74, 6) is 2.03. The smallest absolute Gasteiger partial charge is 0.163 e. The summed E-state index contributed by atoms with van der Waals surface area (Å²) in [6, 6.07) is 16.2. The fourth-order valence-corrected chi connectivity index (χ4v) is 4.35. The van der Waals surface area contributed by atoms with E-state index < -0.39 is 0 Å². The fraction of sp³-hybridized carbons (Fsp3) is 0.250. The number of fused-ring (bicyclic) bond motifs is 2. The summed E-state index contributed by atoms with van der Waals surface area (Å²) >= 11 is 0. The molecule has 0 spiro atoms. The van der Waals surface area contributed by atoms with E-state index in [1.165, 1.54) is 0 Å². The van der Waals surface area contributed by atoms with Crippen molar-refractivity contribution < 1.29 is 9.47 Å². The molecule has 0 saturated heterocycles. The summed E-state index contributed by atoms with van der Waals surface area (Å²) in [4.78, 5) is 18.8. The molecule has 3 heterocycles. The van der Waals surface area contributed by atoms with E-state index in [-0.39, 0.29) is 0 Å². The van der Waals surface area contributed by atoms with Crippen molar-refractivity contribution in [3.63, 3.8) is 0 Å². The van der Waals surface area contributed by atoms with Gasteiger partial charge in [-0.25, -0.2) is 9.97 Å². The number of aryl methyl sites for hydroxylation is 2. The molecule has 0 bridgehead atoms. The Morgan fingerprint density at radius 2 is 1.81 bits per heavy atom. The van der Waals surface area contributed by atoms with E-state index in [2.05, 4.69) is 55.4 Å². The normalized spacial score (nSPS) is 11.1. The van der Waals surface area contributed by atoms with Crippen molar-refractivity contribution in [3.8, 4) is 11.5 Å². The molecular formula is C28H30N6O2. The number of nitrogens with one attached hydrogen (secondary N) is 2. The minimum Gasteiger partial charge on any atom is -0.493 e. The highest BCUT2D eigenvalue weighted by Gasteiger charge is 2.13. The van der Waals surface area contributed by atoms with Crippen molar-refractivity contribution in [2.24, 2.45) is 0 Å². The lowest BCUT2D eigenvalue weighted by Gasteiger charge is -2.20.